The summed E-state index contributed by atoms with van der Waals surface area (Å²) in [6.45, 7) is 1.22. The smallest absolute Gasteiger partial charge is 0.319 e. The molecule has 0 heterocycles. The summed E-state index contributed by atoms with van der Waals surface area (Å²) in [6.07, 6.45) is 1.58. The first-order valence-corrected chi connectivity index (χ1v) is 8.39. The summed E-state index contributed by atoms with van der Waals surface area (Å²) in [7, 11) is 0.658. The van der Waals surface area contributed by atoms with Gasteiger partial charge in [0.2, 0.25) is 0 Å². The Morgan fingerprint density at radius 1 is 1.38 bits per heavy atom. The van der Waals surface area contributed by atoms with Crippen LogP contribution in [0.4, 0.5) is 10.5 Å². The molecule has 0 aliphatic heterocycles. The number of anilines is 1. The normalized spacial score (nSPS) is 11.8. The zero-order chi connectivity index (χ0) is 15.7. The summed E-state index contributed by atoms with van der Waals surface area (Å²) in [5.41, 5.74) is 0.550. The molecule has 8 heteroatoms. The molecule has 0 unspecified atom stereocenters. The lowest BCUT2D eigenvalue weighted by atomic mass is 10.3. The largest absolute Gasteiger partial charge is 0.490 e. The fourth-order valence-electron chi connectivity index (χ4n) is 1.41. The number of hydrogen-bond donors (Lipinski definition) is 2. The van der Waals surface area contributed by atoms with Gasteiger partial charge in [0, 0.05) is 42.2 Å². The minimum absolute atomic E-state index is 0.348. The molecule has 6 nitrogen and oxygen atoms in total. The summed E-state index contributed by atoms with van der Waals surface area (Å²) in [5, 5.41) is 5.64. The van der Waals surface area contributed by atoms with Gasteiger partial charge in [-0.2, -0.15) is 0 Å². The van der Waals surface area contributed by atoms with Crippen molar-refractivity contribution in [1.29, 1.82) is 0 Å². The number of halogens is 1. The van der Waals surface area contributed by atoms with E-state index in [1.54, 1.807) is 31.6 Å². The van der Waals surface area contributed by atoms with E-state index < -0.39 is 10.8 Å². The molecule has 21 heavy (non-hydrogen) atoms. The van der Waals surface area contributed by atoms with Crippen LogP contribution in [0.2, 0.25) is 5.02 Å². The number of amides is 2. The van der Waals surface area contributed by atoms with Crippen LogP contribution in [0.3, 0.4) is 0 Å². The van der Waals surface area contributed by atoms with E-state index in [9.17, 15) is 9.00 Å². The van der Waals surface area contributed by atoms with Crippen molar-refractivity contribution in [3.63, 3.8) is 0 Å². The van der Waals surface area contributed by atoms with Gasteiger partial charge >= 0.3 is 6.03 Å². The molecule has 0 aliphatic rings. The van der Waals surface area contributed by atoms with E-state index in [4.69, 9.17) is 21.1 Å². The highest BCUT2D eigenvalue weighted by Crippen LogP contribution is 2.27. The number of urea groups is 1. The molecule has 0 radical (unpaired) electrons. The molecule has 118 valence electrons. The molecule has 0 bridgehead atoms. The number of hydrogen-bond acceptors (Lipinski definition) is 4. The highest BCUT2D eigenvalue weighted by Gasteiger charge is 2.06. The first kappa shape index (κ1) is 17.7. The Morgan fingerprint density at radius 3 is 2.76 bits per heavy atom. The summed E-state index contributed by atoms with van der Waals surface area (Å²) >= 11 is 6.06. The van der Waals surface area contributed by atoms with Crippen molar-refractivity contribution >= 4 is 34.1 Å². The summed E-state index contributed by atoms with van der Waals surface area (Å²) in [4.78, 5) is 11.6. The SMILES string of the molecule is COCCOc1ccc(NC(=O)NCC[S@](C)=O)cc1Cl. The molecule has 2 amide bonds. The van der Waals surface area contributed by atoms with Crippen molar-refractivity contribution in [2.75, 3.05) is 44.2 Å². The predicted molar refractivity (Wildman–Crippen MR) is 84.8 cm³/mol. The fraction of sp³-hybridized carbons (Fsp3) is 0.462. The third-order valence-corrected chi connectivity index (χ3v) is 3.48. The molecule has 1 atom stereocenters. The molecule has 0 saturated heterocycles. The standard InChI is InChI=1S/C13H19ClN2O4S/c1-19-6-7-20-12-4-3-10(9-11(12)14)16-13(17)15-5-8-21(2)18/h3-4,9H,5-8H2,1-2H3,(H2,15,16,17)/t21-/m0/s1. The van der Waals surface area contributed by atoms with Crippen LogP contribution in [0.15, 0.2) is 18.2 Å². The Hall–Kier alpha value is -1.31. The molecule has 0 aromatic heterocycles. The van der Waals surface area contributed by atoms with Crippen molar-refractivity contribution in [2.24, 2.45) is 0 Å². The van der Waals surface area contributed by atoms with Gasteiger partial charge in [0.05, 0.1) is 11.6 Å². The van der Waals surface area contributed by atoms with Crippen LogP contribution in [0.25, 0.3) is 0 Å². The first-order chi connectivity index (χ1) is 10.0. The summed E-state index contributed by atoms with van der Waals surface area (Å²) in [6, 6.07) is 4.59. The predicted octanol–water partition coefficient (Wildman–Crippen LogP) is 1.87. The fourth-order valence-corrected chi connectivity index (χ4v) is 2.04. The van der Waals surface area contributed by atoms with E-state index in [0.29, 0.717) is 42.0 Å². The quantitative estimate of drug-likeness (QED) is 0.711. The summed E-state index contributed by atoms with van der Waals surface area (Å²) < 4.78 is 21.2. The van der Waals surface area contributed by atoms with Crippen LogP contribution >= 0.6 is 11.6 Å². The van der Waals surface area contributed by atoms with Crippen LogP contribution < -0.4 is 15.4 Å². The number of ether oxygens (including phenoxy) is 2. The molecule has 0 saturated carbocycles. The van der Waals surface area contributed by atoms with E-state index in [1.807, 2.05) is 0 Å². The Balaban J connectivity index is 2.47. The monoisotopic (exact) mass is 334 g/mol. The number of benzene rings is 1. The van der Waals surface area contributed by atoms with Gasteiger partial charge in [0.15, 0.2) is 0 Å². The molecular formula is C13H19ClN2O4S. The van der Waals surface area contributed by atoms with Crippen LogP contribution in [-0.2, 0) is 15.5 Å². The minimum Gasteiger partial charge on any atom is -0.490 e. The minimum atomic E-state index is -0.930. The molecule has 0 aliphatic carbocycles. The average Bonchev–Trinajstić information content (AvgIpc) is 2.41. The molecule has 1 rings (SSSR count). The highest BCUT2D eigenvalue weighted by atomic mass is 35.5. The molecule has 1 aromatic rings. The Bertz CT molecular complexity index is 499. The van der Waals surface area contributed by atoms with Crippen LogP contribution in [0, 0.1) is 0 Å². The van der Waals surface area contributed by atoms with Crippen LogP contribution in [0.5, 0.6) is 5.75 Å². The first-order valence-electron chi connectivity index (χ1n) is 6.29. The van der Waals surface area contributed by atoms with Crippen molar-refractivity contribution < 1.29 is 18.5 Å². The second-order valence-electron chi connectivity index (χ2n) is 4.14. The van der Waals surface area contributed by atoms with Gasteiger partial charge in [-0.05, 0) is 18.2 Å². The third-order valence-electron chi connectivity index (χ3n) is 2.41. The van der Waals surface area contributed by atoms with Crippen molar-refractivity contribution in [1.82, 2.24) is 5.32 Å². The van der Waals surface area contributed by atoms with Gasteiger partial charge in [-0.15, -0.1) is 0 Å². The lowest BCUT2D eigenvalue weighted by molar-refractivity contribution is 0.146. The maximum atomic E-state index is 11.6. The Morgan fingerprint density at radius 2 is 2.14 bits per heavy atom. The molecule has 2 N–H and O–H groups in total. The van der Waals surface area contributed by atoms with Gasteiger partial charge in [-0.25, -0.2) is 4.79 Å². The molecule has 0 fully saturated rings. The van der Waals surface area contributed by atoms with E-state index in [2.05, 4.69) is 10.6 Å². The zero-order valence-corrected chi connectivity index (χ0v) is 13.6. The number of rotatable bonds is 8. The maximum absolute atomic E-state index is 11.6. The van der Waals surface area contributed by atoms with E-state index in [0.717, 1.165) is 0 Å². The number of nitrogens with one attached hydrogen (secondary N) is 2. The van der Waals surface area contributed by atoms with Gasteiger partial charge in [-0.3, -0.25) is 4.21 Å². The van der Waals surface area contributed by atoms with Gasteiger partial charge in [0.1, 0.15) is 12.4 Å². The number of carbonyl (C=O) groups excluding carboxylic acids is 1. The molecule has 1 aromatic carbocycles. The lowest BCUT2D eigenvalue weighted by Crippen LogP contribution is -2.31. The second kappa shape index (κ2) is 9.59. The van der Waals surface area contributed by atoms with E-state index in [-0.39, 0.29) is 6.03 Å². The highest BCUT2D eigenvalue weighted by molar-refractivity contribution is 7.84. The van der Waals surface area contributed by atoms with Crippen molar-refractivity contribution in [3.8, 4) is 5.75 Å². The second-order valence-corrected chi connectivity index (χ2v) is 6.11. The third kappa shape index (κ3) is 7.31. The average molecular weight is 335 g/mol. The van der Waals surface area contributed by atoms with Gasteiger partial charge < -0.3 is 20.1 Å². The molecular weight excluding hydrogens is 316 g/mol. The Labute approximate surface area is 131 Å². The maximum Gasteiger partial charge on any atom is 0.319 e. The number of methoxy groups -OCH3 is 1. The van der Waals surface area contributed by atoms with Gasteiger partial charge in [-0.1, -0.05) is 11.6 Å². The zero-order valence-electron chi connectivity index (χ0n) is 12.0. The Kier molecular flexibility index (Phi) is 8.11. The molecule has 0 spiro atoms. The van der Waals surface area contributed by atoms with E-state index >= 15 is 0 Å². The lowest BCUT2D eigenvalue weighted by Gasteiger charge is -2.10. The van der Waals surface area contributed by atoms with Crippen molar-refractivity contribution in [3.05, 3.63) is 23.2 Å². The number of carbonyl (C=O) groups is 1. The van der Waals surface area contributed by atoms with Crippen molar-refractivity contribution in [2.45, 2.75) is 0 Å². The van der Waals surface area contributed by atoms with E-state index in [1.165, 1.54) is 0 Å². The van der Waals surface area contributed by atoms with Crippen LogP contribution in [0.1, 0.15) is 0 Å². The summed E-state index contributed by atoms with van der Waals surface area (Å²) in [5.74, 6) is 0.946. The topological polar surface area (TPSA) is 76.7 Å². The van der Waals surface area contributed by atoms with Crippen LogP contribution in [-0.4, -0.2) is 49.1 Å². The van der Waals surface area contributed by atoms with Gasteiger partial charge in [0.25, 0.3) is 0 Å².